The molecule has 11 aromatic rings. The molecule has 8 aromatic carbocycles. The van der Waals surface area contributed by atoms with E-state index in [4.69, 9.17) is 19.4 Å². The zero-order valence-electron chi connectivity index (χ0n) is 28.4. The van der Waals surface area contributed by atoms with E-state index in [1.54, 1.807) is 0 Å². The van der Waals surface area contributed by atoms with Crippen LogP contribution >= 0.6 is 0 Å². The second kappa shape index (κ2) is 11.7. The number of benzene rings is 8. The summed E-state index contributed by atoms with van der Waals surface area (Å²) in [5.41, 5.74) is 7.75. The van der Waals surface area contributed by atoms with E-state index in [-0.39, 0.29) is 0 Å². The summed E-state index contributed by atoms with van der Waals surface area (Å²) in [6, 6.07) is 56.9. The van der Waals surface area contributed by atoms with Gasteiger partial charge in [0.25, 0.3) is 0 Å². The Balaban J connectivity index is 1.07. The van der Waals surface area contributed by atoms with Crippen LogP contribution in [0.3, 0.4) is 0 Å². The van der Waals surface area contributed by atoms with Gasteiger partial charge in [-0.2, -0.15) is 0 Å². The topological polar surface area (TPSA) is 64.7 Å². The van der Waals surface area contributed by atoms with Crippen LogP contribution in [0.4, 0.5) is 0 Å². The lowest BCUT2D eigenvalue weighted by Crippen LogP contribution is -2.01. The maximum Gasteiger partial charge on any atom is 0.164 e. The fourth-order valence-corrected chi connectivity index (χ4v) is 7.84. The molecule has 0 unspecified atom stereocenters. The molecule has 0 aliphatic rings. The van der Waals surface area contributed by atoms with Crippen molar-refractivity contribution in [2.24, 2.45) is 0 Å². The Morgan fingerprint density at radius 3 is 1.92 bits per heavy atom. The van der Waals surface area contributed by atoms with Crippen molar-refractivity contribution in [3.8, 4) is 45.3 Å². The molecule has 0 N–H and O–H groups in total. The molecule has 0 saturated carbocycles. The minimum absolute atomic E-state index is 0.634. The SMILES string of the molecule is c1ccc(-c2nc(-c3cccc4cc(-c5ccc6c(c5)oc5ccc7ncccc7c56)ccc34)nc(-c3cc4ccccc4c4ccccc34)n2)cc1. The molecule has 3 heterocycles. The highest BCUT2D eigenvalue weighted by Gasteiger charge is 2.18. The van der Waals surface area contributed by atoms with Gasteiger partial charge in [-0.25, -0.2) is 15.0 Å². The lowest BCUT2D eigenvalue weighted by atomic mass is 9.96. The van der Waals surface area contributed by atoms with E-state index in [1.165, 1.54) is 10.8 Å². The summed E-state index contributed by atoms with van der Waals surface area (Å²) in [5, 5.41) is 10.1. The fourth-order valence-electron chi connectivity index (χ4n) is 7.84. The van der Waals surface area contributed by atoms with E-state index in [0.29, 0.717) is 17.5 Å². The second-order valence-corrected chi connectivity index (χ2v) is 13.4. The van der Waals surface area contributed by atoms with Gasteiger partial charge >= 0.3 is 0 Å². The van der Waals surface area contributed by atoms with Crippen molar-refractivity contribution < 1.29 is 4.42 Å². The molecule has 3 aromatic heterocycles. The Kier molecular flexibility index (Phi) is 6.48. The summed E-state index contributed by atoms with van der Waals surface area (Å²) in [6.45, 7) is 0. The lowest BCUT2D eigenvalue weighted by Gasteiger charge is -2.13. The molecule has 53 heavy (non-hydrogen) atoms. The zero-order chi connectivity index (χ0) is 34.9. The molecular formula is C48H28N4O. The average molecular weight is 677 g/mol. The molecule has 0 aliphatic carbocycles. The molecule has 0 amide bonds. The Morgan fingerprint density at radius 1 is 0.358 bits per heavy atom. The van der Waals surface area contributed by atoms with Crippen LogP contribution in [0.2, 0.25) is 0 Å². The van der Waals surface area contributed by atoms with Crippen LogP contribution in [0.25, 0.3) is 110 Å². The van der Waals surface area contributed by atoms with Gasteiger partial charge in [-0.15, -0.1) is 0 Å². The Morgan fingerprint density at radius 2 is 1.04 bits per heavy atom. The van der Waals surface area contributed by atoms with Crippen LogP contribution in [0.5, 0.6) is 0 Å². The number of hydrogen-bond donors (Lipinski definition) is 0. The van der Waals surface area contributed by atoms with Crippen LogP contribution in [-0.4, -0.2) is 19.9 Å². The summed E-state index contributed by atoms with van der Waals surface area (Å²) >= 11 is 0. The van der Waals surface area contributed by atoms with E-state index >= 15 is 0 Å². The smallest absolute Gasteiger partial charge is 0.164 e. The highest BCUT2D eigenvalue weighted by Crippen LogP contribution is 2.39. The summed E-state index contributed by atoms with van der Waals surface area (Å²) in [4.78, 5) is 20.0. The van der Waals surface area contributed by atoms with Crippen molar-refractivity contribution >= 4 is 65.2 Å². The van der Waals surface area contributed by atoms with Gasteiger partial charge in [-0.1, -0.05) is 121 Å². The molecule has 0 radical (unpaired) electrons. The molecule has 0 fully saturated rings. The third-order valence-corrected chi connectivity index (χ3v) is 10.3. The number of fused-ring (bicyclic) bond motifs is 9. The van der Waals surface area contributed by atoms with Gasteiger partial charge in [0, 0.05) is 39.0 Å². The number of nitrogens with zero attached hydrogens (tertiary/aromatic N) is 4. The van der Waals surface area contributed by atoms with Crippen molar-refractivity contribution in [3.63, 3.8) is 0 Å². The van der Waals surface area contributed by atoms with E-state index in [2.05, 4.69) is 132 Å². The van der Waals surface area contributed by atoms with E-state index in [1.807, 2.05) is 42.6 Å². The predicted molar refractivity (Wildman–Crippen MR) is 217 cm³/mol. The summed E-state index contributed by atoms with van der Waals surface area (Å²) in [7, 11) is 0. The van der Waals surface area contributed by atoms with Crippen LogP contribution in [0, 0.1) is 0 Å². The second-order valence-electron chi connectivity index (χ2n) is 13.4. The molecule has 246 valence electrons. The van der Waals surface area contributed by atoms with Gasteiger partial charge in [0.05, 0.1) is 5.52 Å². The summed E-state index contributed by atoms with van der Waals surface area (Å²) < 4.78 is 6.38. The van der Waals surface area contributed by atoms with Gasteiger partial charge in [0.1, 0.15) is 11.2 Å². The zero-order valence-corrected chi connectivity index (χ0v) is 28.4. The first-order valence-corrected chi connectivity index (χ1v) is 17.7. The first-order valence-electron chi connectivity index (χ1n) is 17.7. The monoisotopic (exact) mass is 676 g/mol. The Hall–Kier alpha value is -7.24. The number of hydrogen-bond acceptors (Lipinski definition) is 5. The van der Waals surface area contributed by atoms with Gasteiger partial charge in [-0.3, -0.25) is 4.98 Å². The maximum atomic E-state index is 6.38. The quantitative estimate of drug-likeness (QED) is 0.174. The summed E-state index contributed by atoms with van der Waals surface area (Å²) in [6.07, 6.45) is 1.83. The van der Waals surface area contributed by atoms with Crippen molar-refractivity contribution in [2.75, 3.05) is 0 Å². The first kappa shape index (κ1) is 29.5. The van der Waals surface area contributed by atoms with Crippen molar-refractivity contribution in [1.29, 1.82) is 0 Å². The minimum Gasteiger partial charge on any atom is -0.456 e. The van der Waals surface area contributed by atoms with Crippen molar-refractivity contribution in [2.45, 2.75) is 0 Å². The van der Waals surface area contributed by atoms with Crippen molar-refractivity contribution in [3.05, 3.63) is 170 Å². The highest BCUT2D eigenvalue weighted by molar-refractivity contribution is 6.18. The van der Waals surface area contributed by atoms with Crippen LogP contribution in [0.1, 0.15) is 0 Å². The largest absolute Gasteiger partial charge is 0.456 e. The third-order valence-electron chi connectivity index (χ3n) is 10.3. The van der Waals surface area contributed by atoms with E-state index in [9.17, 15) is 0 Å². The van der Waals surface area contributed by atoms with Gasteiger partial charge in [0.15, 0.2) is 17.5 Å². The third kappa shape index (κ3) is 4.79. The molecule has 0 bridgehead atoms. The number of furan rings is 1. The lowest BCUT2D eigenvalue weighted by molar-refractivity contribution is 0.669. The predicted octanol–water partition coefficient (Wildman–Crippen LogP) is 12.4. The maximum absolute atomic E-state index is 6.38. The summed E-state index contributed by atoms with van der Waals surface area (Å²) in [5.74, 6) is 1.92. The van der Waals surface area contributed by atoms with Gasteiger partial charge in [-0.05, 0) is 85.9 Å². The van der Waals surface area contributed by atoms with Crippen LogP contribution in [0.15, 0.2) is 174 Å². The van der Waals surface area contributed by atoms with Gasteiger partial charge < -0.3 is 4.42 Å². The van der Waals surface area contributed by atoms with Crippen LogP contribution < -0.4 is 0 Å². The first-order chi connectivity index (χ1) is 26.2. The molecule has 0 spiro atoms. The number of pyridine rings is 1. The Bertz CT molecular complexity index is 3240. The van der Waals surface area contributed by atoms with Crippen LogP contribution in [-0.2, 0) is 0 Å². The number of aromatic nitrogens is 4. The average Bonchev–Trinajstić information content (AvgIpc) is 3.62. The normalized spacial score (nSPS) is 11.8. The minimum atomic E-state index is 0.634. The molecule has 0 aliphatic heterocycles. The van der Waals surface area contributed by atoms with E-state index in [0.717, 1.165) is 82.2 Å². The van der Waals surface area contributed by atoms with E-state index < -0.39 is 0 Å². The molecular weight excluding hydrogens is 649 g/mol. The molecule has 0 saturated heterocycles. The Labute approximate surface area is 303 Å². The molecule has 0 atom stereocenters. The number of rotatable bonds is 4. The molecule has 5 nitrogen and oxygen atoms in total. The molecule has 11 rings (SSSR count). The highest BCUT2D eigenvalue weighted by atomic mass is 16.3. The standard InChI is InChI=1S/C48H28N4O/c1-2-10-29(11-3-1)46-50-47(52-48(51-46)41-27-33-12-4-5-14-34(33)36-15-6-7-16-37(36)41)38-17-8-13-32-26-30(19-21-35(32)38)31-20-22-40-44(28-31)53-43-24-23-42-39(45(40)43)18-9-25-49-42/h1-28H. The molecule has 5 heteroatoms. The van der Waals surface area contributed by atoms with Crippen molar-refractivity contribution in [1.82, 2.24) is 19.9 Å². The fraction of sp³-hybridized carbons (Fsp3) is 0. The van der Waals surface area contributed by atoms with Gasteiger partial charge in [0.2, 0.25) is 0 Å².